The van der Waals surface area contributed by atoms with E-state index in [0.717, 1.165) is 5.56 Å². The molecule has 0 bridgehead atoms. The second kappa shape index (κ2) is 4.20. The second-order valence-electron chi connectivity index (χ2n) is 3.49. The van der Waals surface area contributed by atoms with Crippen LogP contribution in [0.25, 0.3) is 11.3 Å². The van der Waals surface area contributed by atoms with Crippen molar-refractivity contribution in [1.29, 1.82) is 0 Å². The minimum absolute atomic E-state index is 0.132. The molecule has 0 unspecified atom stereocenters. The third kappa shape index (κ3) is 1.97. The Balaban J connectivity index is 2.60. The number of aromatic nitrogens is 1. The quantitative estimate of drug-likeness (QED) is 0.705. The molecule has 1 heterocycles. The number of rotatable bonds is 2. The Morgan fingerprint density at radius 3 is 2.69 bits per heavy atom. The van der Waals surface area contributed by atoms with Crippen molar-refractivity contribution in [3.05, 3.63) is 52.3 Å². The summed E-state index contributed by atoms with van der Waals surface area (Å²) in [6.45, 7) is 0.296. The summed E-state index contributed by atoms with van der Waals surface area (Å²) in [7, 11) is 0. The van der Waals surface area contributed by atoms with E-state index in [1.807, 2.05) is 0 Å². The first-order chi connectivity index (χ1) is 7.70. The minimum Gasteiger partial charge on any atom is -0.507 e. The van der Waals surface area contributed by atoms with Gasteiger partial charge in [0.1, 0.15) is 5.75 Å². The van der Waals surface area contributed by atoms with Crippen molar-refractivity contribution in [2.24, 2.45) is 5.73 Å². The van der Waals surface area contributed by atoms with E-state index in [4.69, 9.17) is 5.73 Å². The van der Waals surface area contributed by atoms with E-state index in [-0.39, 0.29) is 11.3 Å². The molecule has 1 aromatic heterocycles. The highest BCUT2D eigenvalue weighted by atomic mass is 16.3. The van der Waals surface area contributed by atoms with E-state index in [1.165, 1.54) is 6.07 Å². The van der Waals surface area contributed by atoms with Gasteiger partial charge < -0.3 is 15.8 Å². The lowest BCUT2D eigenvalue weighted by Gasteiger charge is -2.05. The molecule has 0 saturated heterocycles. The number of aromatic amines is 1. The number of nitrogens with one attached hydrogen (secondary N) is 1. The van der Waals surface area contributed by atoms with Gasteiger partial charge in [0, 0.05) is 18.2 Å². The Hall–Kier alpha value is -2.07. The van der Waals surface area contributed by atoms with Gasteiger partial charge in [0.05, 0.1) is 5.69 Å². The highest BCUT2D eigenvalue weighted by Gasteiger charge is 2.05. The van der Waals surface area contributed by atoms with E-state index in [1.54, 1.807) is 30.3 Å². The summed E-state index contributed by atoms with van der Waals surface area (Å²) in [6, 6.07) is 10.0. The zero-order chi connectivity index (χ0) is 11.5. The van der Waals surface area contributed by atoms with Crippen LogP contribution in [0.5, 0.6) is 5.75 Å². The largest absolute Gasteiger partial charge is 0.507 e. The first-order valence-electron chi connectivity index (χ1n) is 4.92. The van der Waals surface area contributed by atoms with Gasteiger partial charge >= 0.3 is 0 Å². The van der Waals surface area contributed by atoms with Crippen molar-refractivity contribution in [3.63, 3.8) is 0 Å². The molecular formula is C12H12N2O2. The zero-order valence-corrected chi connectivity index (χ0v) is 8.60. The van der Waals surface area contributed by atoms with Crippen LogP contribution in [0.15, 0.2) is 41.2 Å². The molecule has 2 rings (SSSR count). The fourth-order valence-corrected chi connectivity index (χ4v) is 1.56. The van der Waals surface area contributed by atoms with Crippen LogP contribution in [0.1, 0.15) is 5.56 Å². The summed E-state index contributed by atoms with van der Waals surface area (Å²) in [5, 5.41) is 9.67. The monoisotopic (exact) mass is 216 g/mol. The first-order valence-corrected chi connectivity index (χ1v) is 4.92. The van der Waals surface area contributed by atoms with E-state index < -0.39 is 0 Å². The number of phenolic OH excluding ortho intramolecular Hbond substituents is 1. The van der Waals surface area contributed by atoms with Gasteiger partial charge in [-0.25, -0.2) is 0 Å². The lowest BCUT2D eigenvalue weighted by Crippen LogP contribution is -2.09. The molecule has 0 fully saturated rings. The fraction of sp³-hybridized carbons (Fsp3) is 0.0833. The fourth-order valence-electron chi connectivity index (χ4n) is 1.56. The third-order valence-corrected chi connectivity index (χ3v) is 2.33. The molecule has 0 aliphatic rings. The van der Waals surface area contributed by atoms with Gasteiger partial charge in [-0.2, -0.15) is 0 Å². The number of aromatic hydroxyl groups is 1. The molecule has 0 spiro atoms. The van der Waals surface area contributed by atoms with Crippen molar-refractivity contribution in [2.45, 2.75) is 6.54 Å². The van der Waals surface area contributed by atoms with Crippen LogP contribution in [0, 0.1) is 0 Å². The molecule has 0 aliphatic heterocycles. The Kier molecular flexibility index (Phi) is 2.74. The normalized spacial score (nSPS) is 10.3. The molecule has 82 valence electrons. The summed E-state index contributed by atoms with van der Waals surface area (Å²) in [5.74, 6) is 0.132. The minimum atomic E-state index is -0.221. The average Bonchev–Trinajstić information content (AvgIpc) is 2.28. The van der Waals surface area contributed by atoms with Crippen LogP contribution in [0.3, 0.4) is 0 Å². The van der Waals surface area contributed by atoms with Gasteiger partial charge in [-0.05, 0) is 23.8 Å². The number of hydrogen-bond donors (Lipinski definition) is 3. The molecule has 4 N–H and O–H groups in total. The molecule has 0 aliphatic carbocycles. The number of phenols is 1. The van der Waals surface area contributed by atoms with Crippen LogP contribution in [-0.2, 0) is 6.54 Å². The maximum Gasteiger partial charge on any atom is 0.248 e. The van der Waals surface area contributed by atoms with Crippen molar-refractivity contribution in [2.75, 3.05) is 0 Å². The van der Waals surface area contributed by atoms with Gasteiger partial charge in [0.15, 0.2) is 0 Å². The van der Waals surface area contributed by atoms with Crippen molar-refractivity contribution < 1.29 is 5.11 Å². The number of H-pyrrole nitrogens is 1. The van der Waals surface area contributed by atoms with E-state index >= 15 is 0 Å². The average molecular weight is 216 g/mol. The molecule has 1 aromatic carbocycles. The Morgan fingerprint density at radius 2 is 2.00 bits per heavy atom. The maximum atomic E-state index is 11.4. The number of hydrogen-bond acceptors (Lipinski definition) is 3. The molecule has 0 atom stereocenters. The van der Waals surface area contributed by atoms with E-state index in [0.29, 0.717) is 17.8 Å². The standard InChI is InChI=1S/C12H12N2O2/c13-7-8-5-10(14-12(16)6-8)9-3-1-2-4-11(9)15/h1-6,15H,7,13H2,(H,14,16). The number of benzene rings is 1. The summed E-state index contributed by atoms with van der Waals surface area (Å²) >= 11 is 0. The predicted molar refractivity (Wildman–Crippen MR) is 62.1 cm³/mol. The molecule has 0 saturated carbocycles. The Morgan fingerprint density at radius 1 is 1.25 bits per heavy atom. The third-order valence-electron chi connectivity index (χ3n) is 2.33. The van der Waals surface area contributed by atoms with Crippen LogP contribution in [0.4, 0.5) is 0 Å². The number of pyridine rings is 1. The maximum absolute atomic E-state index is 11.4. The molecule has 2 aromatic rings. The first kappa shape index (κ1) is 10.4. The lowest BCUT2D eigenvalue weighted by molar-refractivity contribution is 0.477. The van der Waals surface area contributed by atoms with Crippen molar-refractivity contribution >= 4 is 0 Å². The van der Waals surface area contributed by atoms with Gasteiger partial charge in [-0.15, -0.1) is 0 Å². The number of para-hydroxylation sites is 1. The van der Waals surface area contributed by atoms with Gasteiger partial charge in [0.25, 0.3) is 0 Å². The Labute approximate surface area is 92.4 Å². The highest BCUT2D eigenvalue weighted by molar-refractivity contribution is 5.66. The Bertz CT molecular complexity index is 561. The van der Waals surface area contributed by atoms with Gasteiger partial charge in [-0.1, -0.05) is 12.1 Å². The van der Waals surface area contributed by atoms with Crippen LogP contribution < -0.4 is 11.3 Å². The van der Waals surface area contributed by atoms with E-state index in [2.05, 4.69) is 4.98 Å². The van der Waals surface area contributed by atoms with Crippen molar-refractivity contribution in [3.8, 4) is 17.0 Å². The smallest absolute Gasteiger partial charge is 0.248 e. The number of nitrogens with two attached hydrogens (primary N) is 1. The molecule has 4 nitrogen and oxygen atoms in total. The van der Waals surface area contributed by atoms with Gasteiger partial charge in [-0.3, -0.25) is 4.79 Å². The van der Waals surface area contributed by atoms with Crippen LogP contribution in [-0.4, -0.2) is 10.1 Å². The zero-order valence-electron chi connectivity index (χ0n) is 8.60. The lowest BCUT2D eigenvalue weighted by atomic mass is 10.1. The molecule has 16 heavy (non-hydrogen) atoms. The summed E-state index contributed by atoms with van der Waals surface area (Å²) in [5.41, 5.74) is 7.17. The highest BCUT2D eigenvalue weighted by Crippen LogP contribution is 2.26. The summed E-state index contributed by atoms with van der Waals surface area (Å²) in [6.07, 6.45) is 0. The molecular weight excluding hydrogens is 204 g/mol. The second-order valence-corrected chi connectivity index (χ2v) is 3.49. The molecule has 0 amide bonds. The molecule has 0 radical (unpaired) electrons. The van der Waals surface area contributed by atoms with E-state index in [9.17, 15) is 9.90 Å². The topological polar surface area (TPSA) is 79.1 Å². The van der Waals surface area contributed by atoms with Crippen molar-refractivity contribution in [1.82, 2.24) is 4.98 Å². The molecule has 4 heteroatoms. The van der Waals surface area contributed by atoms with Crippen LogP contribution >= 0.6 is 0 Å². The SMILES string of the molecule is NCc1cc(-c2ccccc2O)[nH]c(=O)c1. The van der Waals surface area contributed by atoms with Gasteiger partial charge in [0.2, 0.25) is 5.56 Å². The summed E-state index contributed by atoms with van der Waals surface area (Å²) < 4.78 is 0. The predicted octanol–water partition coefficient (Wildman–Crippen LogP) is 1.21. The summed E-state index contributed by atoms with van der Waals surface area (Å²) in [4.78, 5) is 14.0. The van der Waals surface area contributed by atoms with Crippen LogP contribution in [0.2, 0.25) is 0 Å².